The Morgan fingerprint density at radius 1 is 1.36 bits per heavy atom. The van der Waals surface area contributed by atoms with Gasteiger partial charge in [0.2, 0.25) is 0 Å². The average molecular weight is 198 g/mol. The summed E-state index contributed by atoms with van der Waals surface area (Å²) in [6.07, 6.45) is 0.863. The minimum Gasteiger partial charge on any atom is -0.481 e. The first-order valence-corrected chi connectivity index (χ1v) is 5.41. The van der Waals surface area contributed by atoms with Crippen molar-refractivity contribution in [2.45, 2.75) is 19.4 Å². The molecule has 1 heterocycles. The van der Waals surface area contributed by atoms with Crippen molar-refractivity contribution in [3.05, 3.63) is 0 Å². The molecule has 1 aliphatic carbocycles. The number of carboxylic acid groups (broad SMARTS) is 1. The van der Waals surface area contributed by atoms with Gasteiger partial charge < -0.3 is 10.0 Å². The van der Waals surface area contributed by atoms with E-state index < -0.39 is 5.97 Å². The lowest BCUT2D eigenvalue weighted by Crippen LogP contribution is -2.47. The molecule has 1 saturated carbocycles. The molecule has 80 valence electrons. The molecule has 0 aromatic rings. The Hall–Kier alpha value is -0.610. The number of rotatable bonds is 3. The Balaban J connectivity index is 1.77. The summed E-state index contributed by atoms with van der Waals surface area (Å²) in [5.41, 5.74) is 0. The van der Waals surface area contributed by atoms with Crippen LogP contribution < -0.4 is 0 Å². The number of likely N-dealkylation sites (N-methyl/N-ethyl adjacent to an activating group) is 1. The van der Waals surface area contributed by atoms with Gasteiger partial charge in [-0.1, -0.05) is 6.92 Å². The van der Waals surface area contributed by atoms with Crippen LogP contribution in [0, 0.1) is 5.92 Å². The molecular weight excluding hydrogens is 180 g/mol. The molecule has 14 heavy (non-hydrogen) atoms. The molecule has 0 radical (unpaired) electrons. The highest BCUT2D eigenvalue weighted by molar-refractivity contribution is 5.74. The molecule has 4 nitrogen and oxygen atoms in total. The molecule has 1 aliphatic heterocycles. The third-order valence-corrected chi connectivity index (χ3v) is 3.40. The summed E-state index contributed by atoms with van der Waals surface area (Å²) >= 11 is 0. The van der Waals surface area contributed by atoms with Crippen LogP contribution in [0.3, 0.4) is 0 Å². The normalized spacial score (nSPS) is 34.4. The first-order valence-electron chi connectivity index (χ1n) is 5.41. The molecule has 0 aromatic heterocycles. The topological polar surface area (TPSA) is 43.8 Å². The molecule has 2 atom stereocenters. The van der Waals surface area contributed by atoms with Crippen molar-refractivity contribution in [2.24, 2.45) is 5.92 Å². The number of piperazine rings is 1. The van der Waals surface area contributed by atoms with Crippen molar-refractivity contribution in [1.29, 1.82) is 0 Å². The SMILES string of the molecule is CCN1CCN(C2CC2C(=O)O)CC1. The minimum absolute atomic E-state index is 0.0804. The number of nitrogens with zero attached hydrogens (tertiary/aromatic N) is 2. The second-order valence-electron chi connectivity index (χ2n) is 4.22. The van der Waals surface area contributed by atoms with E-state index in [0.717, 1.165) is 39.1 Å². The van der Waals surface area contributed by atoms with E-state index in [9.17, 15) is 4.79 Å². The molecular formula is C10H18N2O2. The number of hydrogen-bond donors (Lipinski definition) is 1. The number of hydrogen-bond acceptors (Lipinski definition) is 3. The zero-order valence-corrected chi connectivity index (χ0v) is 8.65. The van der Waals surface area contributed by atoms with Crippen molar-refractivity contribution in [2.75, 3.05) is 32.7 Å². The van der Waals surface area contributed by atoms with Crippen molar-refractivity contribution < 1.29 is 9.90 Å². The van der Waals surface area contributed by atoms with Crippen LogP contribution in [0.25, 0.3) is 0 Å². The Morgan fingerprint density at radius 3 is 2.43 bits per heavy atom. The molecule has 0 amide bonds. The maximum absolute atomic E-state index is 10.7. The zero-order valence-electron chi connectivity index (χ0n) is 8.65. The summed E-state index contributed by atoms with van der Waals surface area (Å²) in [7, 11) is 0. The molecule has 2 fully saturated rings. The number of carbonyl (C=O) groups is 1. The first kappa shape index (κ1) is 9.93. The molecule has 4 heteroatoms. The van der Waals surface area contributed by atoms with Crippen molar-refractivity contribution >= 4 is 5.97 Å². The summed E-state index contributed by atoms with van der Waals surface area (Å²) in [5.74, 6) is -0.698. The van der Waals surface area contributed by atoms with Crippen molar-refractivity contribution in [1.82, 2.24) is 9.80 Å². The first-order chi connectivity index (χ1) is 6.72. The molecule has 2 aliphatic rings. The van der Waals surface area contributed by atoms with Gasteiger partial charge in [0.25, 0.3) is 0 Å². The molecule has 2 rings (SSSR count). The molecule has 0 aromatic carbocycles. The van der Waals surface area contributed by atoms with Gasteiger partial charge in [0, 0.05) is 32.2 Å². The Morgan fingerprint density at radius 2 is 2.00 bits per heavy atom. The van der Waals surface area contributed by atoms with E-state index in [0.29, 0.717) is 6.04 Å². The van der Waals surface area contributed by atoms with E-state index in [1.54, 1.807) is 0 Å². The highest BCUT2D eigenvalue weighted by Gasteiger charge is 2.47. The van der Waals surface area contributed by atoms with Gasteiger partial charge in [0.05, 0.1) is 5.92 Å². The van der Waals surface area contributed by atoms with Crippen LogP contribution in [0.2, 0.25) is 0 Å². The van der Waals surface area contributed by atoms with Gasteiger partial charge >= 0.3 is 5.97 Å². The second-order valence-corrected chi connectivity index (χ2v) is 4.22. The molecule has 1 saturated heterocycles. The number of carboxylic acids is 1. The smallest absolute Gasteiger partial charge is 0.308 e. The van der Waals surface area contributed by atoms with Crippen LogP contribution in [0.4, 0.5) is 0 Å². The third-order valence-electron chi connectivity index (χ3n) is 3.40. The minimum atomic E-state index is -0.618. The van der Waals surface area contributed by atoms with Crippen LogP contribution in [0.1, 0.15) is 13.3 Å². The Kier molecular flexibility index (Phi) is 2.74. The summed E-state index contributed by atoms with van der Waals surface area (Å²) in [6.45, 7) is 7.57. The van der Waals surface area contributed by atoms with E-state index in [1.165, 1.54) is 0 Å². The maximum atomic E-state index is 10.7. The molecule has 1 N–H and O–H groups in total. The standard InChI is InChI=1S/C10H18N2O2/c1-2-11-3-5-12(6-4-11)9-7-8(9)10(13)14/h8-9H,2-7H2,1H3,(H,13,14). The molecule has 2 unspecified atom stereocenters. The maximum Gasteiger partial charge on any atom is 0.308 e. The van der Waals surface area contributed by atoms with Gasteiger partial charge in [-0.15, -0.1) is 0 Å². The Labute approximate surface area is 84.5 Å². The zero-order chi connectivity index (χ0) is 10.1. The highest BCUT2D eigenvalue weighted by atomic mass is 16.4. The van der Waals surface area contributed by atoms with Crippen LogP contribution in [0.5, 0.6) is 0 Å². The van der Waals surface area contributed by atoms with E-state index in [-0.39, 0.29) is 5.92 Å². The van der Waals surface area contributed by atoms with E-state index in [1.807, 2.05) is 0 Å². The Bertz CT molecular complexity index is 224. The van der Waals surface area contributed by atoms with Gasteiger partial charge in [-0.05, 0) is 13.0 Å². The summed E-state index contributed by atoms with van der Waals surface area (Å²) < 4.78 is 0. The quantitative estimate of drug-likeness (QED) is 0.698. The molecule has 0 bridgehead atoms. The fourth-order valence-electron chi connectivity index (χ4n) is 2.26. The van der Waals surface area contributed by atoms with E-state index in [4.69, 9.17) is 5.11 Å². The lowest BCUT2D eigenvalue weighted by molar-refractivity contribution is -0.139. The monoisotopic (exact) mass is 198 g/mol. The average Bonchev–Trinajstić information content (AvgIpc) is 2.97. The van der Waals surface area contributed by atoms with Gasteiger partial charge in [-0.2, -0.15) is 0 Å². The van der Waals surface area contributed by atoms with Gasteiger partial charge in [-0.25, -0.2) is 0 Å². The summed E-state index contributed by atoms with van der Waals surface area (Å²) in [6, 6.07) is 0.339. The van der Waals surface area contributed by atoms with Crippen LogP contribution in [0.15, 0.2) is 0 Å². The summed E-state index contributed by atoms with van der Waals surface area (Å²) in [5, 5.41) is 8.82. The van der Waals surface area contributed by atoms with Crippen molar-refractivity contribution in [3.63, 3.8) is 0 Å². The van der Waals surface area contributed by atoms with Crippen LogP contribution in [-0.2, 0) is 4.79 Å². The second kappa shape index (κ2) is 3.87. The van der Waals surface area contributed by atoms with Crippen molar-refractivity contribution in [3.8, 4) is 0 Å². The highest BCUT2D eigenvalue weighted by Crippen LogP contribution is 2.36. The largest absolute Gasteiger partial charge is 0.481 e. The van der Waals surface area contributed by atoms with Crippen LogP contribution in [-0.4, -0.2) is 59.6 Å². The van der Waals surface area contributed by atoms with E-state index in [2.05, 4.69) is 16.7 Å². The predicted molar refractivity (Wildman–Crippen MR) is 53.2 cm³/mol. The van der Waals surface area contributed by atoms with Gasteiger partial charge in [0.1, 0.15) is 0 Å². The lowest BCUT2D eigenvalue weighted by atomic mass is 10.3. The predicted octanol–water partition coefficient (Wildman–Crippen LogP) is 0.0970. The van der Waals surface area contributed by atoms with Gasteiger partial charge in [-0.3, -0.25) is 9.69 Å². The van der Waals surface area contributed by atoms with E-state index >= 15 is 0 Å². The lowest BCUT2D eigenvalue weighted by Gasteiger charge is -2.34. The summed E-state index contributed by atoms with van der Waals surface area (Å²) in [4.78, 5) is 15.4. The van der Waals surface area contributed by atoms with Gasteiger partial charge in [0.15, 0.2) is 0 Å². The third kappa shape index (κ3) is 1.91. The van der Waals surface area contributed by atoms with Crippen LogP contribution >= 0.6 is 0 Å². The molecule has 0 spiro atoms. The fraction of sp³-hybridized carbons (Fsp3) is 0.900. The fourth-order valence-corrected chi connectivity index (χ4v) is 2.26. The number of aliphatic carboxylic acids is 1.